The number of carboxylic acids is 1. The Labute approximate surface area is 158 Å². The van der Waals surface area contributed by atoms with Crippen molar-refractivity contribution in [3.05, 3.63) is 59.7 Å². The number of carboxylic acid groups (broad SMARTS) is 1. The lowest BCUT2D eigenvalue weighted by molar-refractivity contribution is -0.139. The van der Waals surface area contributed by atoms with E-state index in [4.69, 9.17) is 14.6 Å². The van der Waals surface area contributed by atoms with Crippen LogP contribution in [-0.2, 0) is 10.3 Å². The fourth-order valence-electron chi connectivity index (χ4n) is 3.54. The molecule has 1 aliphatic carbocycles. The smallest absolute Gasteiger partial charge is 0.341 e. The molecule has 0 spiro atoms. The molecule has 1 amide bonds. The lowest BCUT2D eigenvalue weighted by Crippen LogP contribution is -2.43. The third kappa shape index (κ3) is 4.39. The Morgan fingerprint density at radius 3 is 2.41 bits per heavy atom. The average Bonchev–Trinajstić information content (AvgIpc) is 3.16. The molecule has 0 saturated heterocycles. The van der Waals surface area contributed by atoms with E-state index >= 15 is 0 Å². The summed E-state index contributed by atoms with van der Waals surface area (Å²) in [6.45, 7) is -0.444. The second kappa shape index (κ2) is 8.12. The Hall–Kier alpha value is -3.02. The summed E-state index contributed by atoms with van der Waals surface area (Å²) in [5.41, 5.74) is 1.10. The summed E-state index contributed by atoms with van der Waals surface area (Å²) < 4.78 is 10.4. The molecular weight excluding hydrogens is 346 g/mol. The van der Waals surface area contributed by atoms with Crippen molar-refractivity contribution in [2.24, 2.45) is 0 Å². The van der Waals surface area contributed by atoms with Gasteiger partial charge in [-0.1, -0.05) is 31.0 Å². The standard InChI is InChI=1S/C21H23NO5/c1-26-17-9-7-16(8-10-17)21(11-2-3-12-21)22-20(25)15-5-4-6-18(13-15)27-14-19(23)24/h4-10,13H,2-3,11-12,14H2,1H3,(H,22,25)(H,23,24). The summed E-state index contributed by atoms with van der Waals surface area (Å²) >= 11 is 0. The molecule has 1 saturated carbocycles. The van der Waals surface area contributed by atoms with E-state index in [0.29, 0.717) is 11.3 Å². The summed E-state index contributed by atoms with van der Waals surface area (Å²) in [7, 11) is 1.63. The van der Waals surface area contributed by atoms with Crippen molar-refractivity contribution >= 4 is 11.9 Å². The van der Waals surface area contributed by atoms with Crippen molar-refractivity contribution in [2.75, 3.05) is 13.7 Å². The van der Waals surface area contributed by atoms with E-state index in [1.165, 1.54) is 0 Å². The van der Waals surface area contributed by atoms with Crippen LogP contribution in [0.1, 0.15) is 41.6 Å². The first-order valence-electron chi connectivity index (χ1n) is 8.94. The highest BCUT2D eigenvalue weighted by Gasteiger charge is 2.37. The molecular formula is C21H23NO5. The maximum absolute atomic E-state index is 12.9. The molecule has 2 aromatic carbocycles. The molecule has 1 fully saturated rings. The second-order valence-electron chi connectivity index (χ2n) is 6.68. The van der Waals surface area contributed by atoms with E-state index in [1.54, 1.807) is 31.4 Å². The van der Waals surface area contributed by atoms with Gasteiger partial charge in [0, 0.05) is 5.56 Å². The maximum Gasteiger partial charge on any atom is 0.341 e. The number of nitrogens with one attached hydrogen (secondary N) is 1. The SMILES string of the molecule is COc1ccc(C2(NC(=O)c3cccc(OCC(=O)O)c3)CCCC2)cc1. The molecule has 0 aliphatic heterocycles. The number of hydrogen-bond donors (Lipinski definition) is 2. The summed E-state index contributed by atoms with van der Waals surface area (Å²) in [6.07, 6.45) is 3.85. The largest absolute Gasteiger partial charge is 0.497 e. The molecule has 3 rings (SSSR count). The number of hydrogen-bond acceptors (Lipinski definition) is 4. The van der Waals surface area contributed by atoms with Crippen molar-refractivity contribution in [1.82, 2.24) is 5.32 Å². The molecule has 2 N–H and O–H groups in total. The van der Waals surface area contributed by atoms with Gasteiger partial charge >= 0.3 is 5.97 Å². The van der Waals surface area contributed by atoms with Crippen LogP contribution in [0.25, 0.3) is 0 Å². The molecule has 0 unspecified atom stereocenters. The number of carbonyl (C=O) groups is 2. The molecule has 6 heteroatoms. The zero-order valence-corrected chi connectivity index (χ0v) is 15.2. The summed E-state index contributed by atoms with van der Waals surface area (Å²) in [4.78, 5) is 23.5. The average molecular weight is 369 g/mol. The fourth-order valence-corrected chi connectivity index (χ4v) is 3.54. The van der Waals surface area contributed by atoms with Gasteiger partial charge in [0.1, 0.15) is 11.5 Å². The number of aliphatic carboxylic acids is 1. The Morgan fingerprint density at radius 2 is 1.78 bits per heavy atom. The van der Waals surface area contributed by atoms with E-state index in [1.807, 2.05) is 24.3 Å². The lowest BCUT2D eigenvalue weighted by Gasteiger charge is -2.31. The molecule has 0 radical (unpaired) electrons. The third-order valence-corrected chi connectivity index (χ3v) is 4.91. The van der Waals surface area contributed by atoms with Crippen molar-refractivity contribution in [1.29, 1.82) is 0 Å². The highest BCUT2D eigenvalue weighted by molar-refractivity contribution is 5.95. The predicted octanol–water partition coefficient (Wildman–Crippen LogP) is 3.36. The molecule has 2 aromatic rings. The van der Waals surface area contributed by atoms with E-state index in [-0.39, 0.29) is 5.91 Å². The second-order valence-corrected chi connectivity index (χ2v) is 6.68. The topological polar surface area (TPSA) is 84.9 Å². The van der Waals surface area contributed by atoms with Gasteiger partial charge < -0.3 is 19.9 Å². The number of benzene rings is 2. The number of methoxy groups -OCH3 is 1. The molecule has 142 valence electrons. The summed E-state index contributed by atoms with van der Waals surface area (Å²) in [5.74, 6) is -0.126. The van der Waals surface area contributed by atoms with Crippen LogP contribution in [0.5, 0.6) is 11.5 Å². The molecule has 1 aliphatic rings. The van der Waals surface area contributed by atoms with Crippen molar-refractivity contribution in [3.8, 4) is 11.5 Å². The molecule has 0 aromatic heterocycles. The van der Waals surface area contributed by atoms with E-state index in [9.17, 15) is 9.59 Å². The highest BCUT2D eigenvalue weighted by atomic mass is 16.5. The first kappa shape index (κ1) is 18.8. The van der Waals surface area contributed by atoms with Gasteiger partial charge in [-0.15, -0.1) is 0 Å². The first-order valence-corrected chi connectivity index (χ1v) is 8.94. The van der Waals surface area contributed by atoms with Crippen LogP contribution >= 0.6 is 0 Å². The van der Waals surface area contributed by atoms with Gasteiger partial charge in [0.15, 0.2) is 6.61 Å². The van der Waals surface area contributed by atoms with E-state index in [2.05, 4.69) is 5.32 Å². The number of carbonyl (C=O) groups excluding carboxylic acids is 1. The van der Waals surface area contributed by atoms with Gasteiger partial charge in [-0.2, -0.15) is 0 Å². The van der Waals surface area contributed by atoms with E-state index < -0.39 is 18.1 Å². The zero-order valence-electron chi connectivity index (χ0n) is 15.2. The minimum absolute atomic E-state index is 0.200. The zero-order chi connectivity index (χ0) is 19.3. The van der Waals surface area contributed by atoms with Crippen LogP contribution in [0.3, 0.4) is 0 Å². The van der Waals surface area contributed by atoms with Gasteiger partial charge in [-0.05, 0) is 48.7 Å². The van der Waals surface area contributed by atoms with Crippen LogP contribution in [0, 0.1) is 0 Å². The maximum atomic E-state index is 12.9. The van der Waals surface area contributed by atoms with Crippen LogP contribution in [0.15, 0.2) is 48.5 Å². The highest BCUT2D eigenvalue weighted by Crippen LogP contribution is 2.39. The minimum Gasteiger partial charge on any atom is -0.497 e. The van der Waals surface area contributed by atoms with Gasteiger partial charge in [0.25, 0.3) is 5.91 Å². The van der Waals surface area contributed by atoms with Crippen molar-refractivity contribution in [3.63, 3.8) is 0 Å². The fraction of sp³-hybridized carbons (Fsp3) is 0.333. The Balaban J connectivity index is 1.79. The van der Waals surface area contributed by atoms with Gasteiger partial charge in [0.2, 0.25) is 0 Å². The molecule has 27 heavy (non-hydrogen) atoms. The number of amides is 1. The van der Waals surface area contributed by atoms with Gasteiger partial charge in [-0.25, -0.2) is 4.79 Å². The Bertz CT molecular complexity index is 810. The van der Waals surface area contributed by atoms with Crippen LogP contribution < -0.4 is 14.8 Å². The predicted molar refractivity (Wildman–Crippen MR) is 100 cm³/mol. The third-order valence-electron chi connectivity index (χ3n) is 4.91. The van der Waals surface area contributed by atoms with Crippen molar-refractivity contribution < 1.29 is 24.2 Å². The molecule has 0 bridgehead atoms. The number of rotatable bonds is 7. The number of ether oxygens (including phenoxy) is 2. The quantitative estimate of drug-likeness (QED) is 0.782. The van der Waals surface area contributed by atoms with Crippen LogP contribution in [0.2, 0.25) is 0 Å². The van der Waals surface area contributed by atoms with Gasteiger partial charge in [-0.3, -0.25) is 4.79 Å². The Kier molecular flexibility index (Phi) is 5.64. The summed E-state index contributed by atoms with van der Waals surface area (Å²) in [6, 6.07) is 14.4. The Morgan fingerprint density at radius 1 is 1.07 bits per heavy atom. The molecule has 0 heterocycles. The monoisotopic (exact) mass is 369 g/mol. The lowest BCUT2D eigenvalue weighted by atomic mass is 9.87. The van der Waals surface area contributed by atoms with Gasteiger partial charge in [0.05, 0.1) is 12.6 Å². The molecule has 0 atom stereocenters. The molecule has 6 nitrogen and oxygen atoms in total. The normalized spacial score (nSPS) is 15.1. The van der Waals surface area contributed by atoms with Crippen molar-refractivity contribution in [2.45, 2.75) is 31.2 Å². The minimum atomic E-state index is -1.06. The van der Waals surface area contributed by atoms with Crippen LogP contribution in [-0.4, -0.2) is 30.7 Å². The first-order chi connectivity index (χ1) is 13.0. The van der Waals surface area contributed by atoms with E-state index in [0.717, 1.165) is 37.0 Å². The summed E-state index contributed by atoms with van der Waals surface area (Å²) in [5, 5.41) is 11.9. The van der Waals surface area contributed by atoms with Crippen LogP contribution in [0.4, 0.5) is 0 Å².